The average Bonchev–Trinajstić information content (AvgIpc) is 3.07. The fourth-order valence-corrected chi connectivity index (χ4v) is 5.36. The standard InChI is InChI=1S/C41H72N2O5/c1-3-5-7-9-11-13-15-17-19-22-26-31-37(48-40(45)35-29-25-20-18-16-14-12-10-8-6-4-2)32-27-23-21-24-28-34-39(44)43-38(41(46)47)33-30-36-42/h10-13,17,19,26,31,37-38H,3-9,14-16,18,20-25,27-30,32-36,42H2,1-2H3,(H,43,44)(H,46,47)/b12-10-,13-11-,19-17-,31-26-. The molecule has 0 bridgehead atoms. The highest BCUT2D eigenvalue weighted by Gasteiger charge is 2.18. The summed E-state index contributed by atoms with van der Waals surface area (Å²) in [5.74, 6) is -1.34. The normalized spacial score (nSPS) is 13.2. The van der Waals surface area contributed by atoms with E-state index in [2.05, 4.69) is 61.7 Å². The first kappa shape index (κ1) is 45.3. The number of rotatable bonds is 34. The fraction of sp³-hybridized carbons (Fsp3) is 0.732. The molecule has 276 valence electrons. The van der Waals surface area contributed by atoms with Crippen molar-refractivity contribution in [3.05, 3.63) is 48.6 Å². The number of amides is 1. The van der Waals surface area contributed by atoms with Crippen LogP contribution < -0.4 is 11.1 Å². The highest BCUT2D eigenvalue weighted by atomic mass is 16.5. The molecule has 1 amide bonds. The lowest BCUT2D eigenvalue weighted by Crippen LogP contribution is -2.40. The van der Waals surface area contributed by atoms with Gasteiger partial charge in [-0.2, -0.15) is 0 Å². The Morgan fingerprint density at radius 2 is 1.17 bits per heavy atom. The molecule has 0 heterocycles. The van der Waals surface area contributed by atoms with Crippen LogP contribution in [0.1, 0.15) is 174 Å². The molecular weight excluding hydrogens is 600 g/mol. The lowest BCUT2D eigenvalue weighted by molar-refractivity contribution is -0.147. The molecule has 0 spiro atoms. The van der Waals surface area contributed by atoms with E-state index in [-0.39, 0.29) is 18.0 Å². The van der Waals surface area contributed by atoms with Crippen molar-refractivity contribution in [3.8, 4) is 0 Å². The van der Waals surface area contributed by atoms with E-state index in [0.29, 0.717) is 32.2 Å². The number of carbonyl (C=O) groups is 3. The minimum absolute atomic E-state index is 0.107. The molecule has 0 aromatic rings. The van der Waals surface area contributed by atoms with Crippen molar-refractivity contribution in [1.29, 1.82) is 0 Å². The van der Waals surface area contributed by atoms with Gasteiger partial charge in [0.1, 0.15) is 12.1 Å². The fourth-order valence-electron chi connectivity index (χ4n) is 5.36. The number of aliphatic carboxylic acids is 1. The number of ether oxygens (including phenoxy) is 1. The Labute approximate surface area is 294 Å². The van der Waals surface area contributed by atoms with E-state index in [0.717, 1.165) is 83.5 Å². The molecule has 7 heteroatoms. The van der Waals surface area contributed by atoms with Crippen LogP contribution in [0, 0.1) is 0 Å². The van der Waals surface area contributed by atoms with Crippen LogP contribution in [-0.4, -0.2) is 41.6 Å². The molecule has 2 unspecified atom stereocenters. The Morgan fingerprint density at radius 3 is 1.83 bits per heavy atom. The third-order valence-electron chi connectivity index (χ3n) is 8.35. The zero-order chi connectivity index (χ0) is 35.3. The van der Waals surface area contributed by atoms with Gasteiger partial charge in [-0.25, -0.2) is 4.79 Å². The first-order valence-electron chi connectivity index (χ1n) is 19.5. The number of unbranched alkanes of at least 4 members (excludes halogenated alkanes) is 14. The second kappa shape index (κ2) is 35.6. The summed E-state index contributed by atoms with van der Waals surface area (Å²) >= 11 is 0. The van der Waals surface area contributed by atoms with Crippen LogP contribution >= 0.6 is 0 Å². The first-order valence-corrected chi connectivity index (χ1v) is 19.5. The number of nitrogens with two attached hydrogens (primary N) is 1. The summed E-state index contributed by atoms with van der Waals surface area (Å²) in [4.78, 5) is 36.2. The van der Waals surface area contributed by atoms with Crippen LogP contribution in [-0.2, 0) is 19.1 Å². The second-order valence-electron chi connectivity index (χ2n) is 13.0. The Bertz CT molecular complexity index is 895. The van der Waals surface area contributed by atoms with Gasteiger partial charge in [0, 0.05) is 12.8 Å². The van der Waals surface area contributed by atoms with E-state index in [1.807, 2.05) is 6.08 Å². The number of allylic oxidation sites excluding steroid dienone is 7. The Kier molecular flexibility index (Phi) is 33.7. The van der Waals surface area contributed by atoms with Gasteiger partial charge in [0.05, 0.1) is 0 Å². The zero-order valence-electron chi connectivity index (χ0n) is 30.8. The van der Waals surface area contributed by atoms with Crippen LogP contribution in [0.3, 0.4) is 0 Å². The zero-order valence-corrected chi connectivity index (χ0v) is 30.8. The van der Waals surface area contributed by atoms with Crippen molar-refractivity contribution in [2.45, 2.75) is 187 Å². The number of carboxylic acid groups (broad SMARTS) is 1. The summed E-state index contributed by atoms with van der Waals surface area (Å²) in [6.07, 6.45) is 41.6. The Hall–Kier alpha value is -2.67. The lowest BCUT2D eigenvalue weighted by atomic mass is 10.1. The van der Waals surface area contributed by atoms with Gasteiger partial charge in [-0.1, -0.05) is 121 Å². The van der Waals surface area contributed by atoms with Crippen LogP contribution in [0.25, 0.3) is 0 Å². The summed E-state index contributed by atoms with van der Waals surface area (Å²) in [6.45, 7) is 4.85. The number of nitrogens with one attached hydrogen (secondary N) is 1. The van der Waals surface area contributed by atoms with Crippen molar-refractivity contribution in [2.75, 3.05) is 6.54 Å². The van der Waals surface area contributed by atoms with Gasteiger partial charge in [0.15, 0.2) is 0 Å². The first-order chi connectivity index (χ1) is 23.4. The van der Waals surface area contributed by atoms with Crippen LogP contribution in [0.15, 0.2) is 48.6 Å². The molecule has 0 fully saturated rings. The SMILES string of the molecule is CCCC/C=C\CCCCCCCC(=O)OC(/C=C\C/C=C\C/C=C\CCCCC)CCCCCCCC(=O)NC(CCCN)C(=O)O. The van der Waals surface area contributed by atoms with Crippen molar-refractivity contribution in [1.82, 2.24) is 5.32 Å². The van der Waals surface area contributed by atoms with Gasteiger partial charge in [-0.15, -0.1) is 0 Å². The topological polar surface area (TPSA) is 119 Å². The van der Waals surface area contributed by atoms with Gasteiger partial charge >= 0.3 is 11.9 Å². The van der Waals surface area contributed by atoms with Crippen LogP contribution in [0.2, 0.25) is 0 Å². The minimum atomic E-state index is -1.01. The molecule has 0 rings (SSSR count). The third-order valence-corrected chi connectivity index (χ3v) is 8.35. The smallest absolute Gasteiger partial charge is 0.326 e. The molecular formula is C41H72N2O5. The predicted molar refractivity (Wildman–Crippen MR) is 202 cm³/mol. The molecule has 0 aromatic heterocycles. The van der Waals surface area contributed by atoms with Gasteiger partial charge in [0.25, 0.3) is 0 Å². The number of carboxylic acids is 1. The van der Waals surface area contributed by atoms with Crippen LogP contribution in [0.4, 0.5) is 0 Å². The average molecular weight is 673 g/mol. The largest absolute Gasteiger partial charge is 0.480 e. The van der Waals surface area contributed by atoms with E-state index in [1.165, 1.54) is 51.4 Å². The predicted octanol–water partition coefficient (Wildman–Crippen LogP) is 10.4. The summed E-state index contributed by atoms with van der Waals surface area (Å²) in [5, 5.41) is 11.9. The maximum absolute atomic E-state index is 12.7. The molecule has 0 aliphatic rings. The maximum Gasteiger partial charge on any atom is 0.326 e. The second-order valence-corrected chi connectivity index (χ2v) is 13.0. The number of esters is 1. The number of hydrogen-bond donors (Lipinski definition) is 3. The van der Waals surface area contributed by atoms with Gasteiger partial charge in [-0.05, 0) is 96.1 Å². The molecule has 0 saturated heterocycles. The summed E-state index contributed by atoms with van der Waals surface area (Å²) < 4.78 is 5.90. The highest BCUT2D eigenvalue weighted by molar-refractivity contribution is 5.83. The highest BCUT2D eigenvalue weighted by Crippen LogP contribution is 2.15. The molecule has 0 aliphatic heterocycles. The van der Waals surface area contributed by atoms with Crippen LogP contribution in [0.5, 0.6) is 0 Å². The third kappa shape index (κ3) is 31.9. The lowest BCUT2D eigenvalue weighted by Gasteiger charge is -2.15. The summed E-state index contributed by atoms with van der Waals surface area (Å²) in [5.41, 5.74) is 5.47. The minimum Gasteiger partial charge on any atom is -0.480 e. The molecule has 48 heavy (non-hydrogen) atoms. The number of hydrogen-bond acceptors (Lipinski definition) is 5. The van der Waals surface area contributed by atoms with E-state index in [9.17, 15) is 19.5 Å². The van der Waals surface area contributed by atoms with Crippen molar-refractivity contribution < 1.29 is 24.2 Å². The van der Waals surface area contributed by atoms with Crippen molar-refractivity contribution in [3.63, 3.8) is 0 Å². The Balaban J connectivity index is 4.49. The molecule has 0 radical (unpaired) electrons. The van der Waals surface area contributed by atoms with E-state index in [4.69, 9.17) is 10.5 Å². The van der Waals surface area contributed by atoms with E-state index in [1.54, 1.807) is 0 Å². The van der Waals surface area contributed by atoms with E-state index >= 15 is 0 Å². The molecule has 0 aliphatic carbocycles. The number of carbonyl (C=O) groups excluding carboxylic acids is 2. The molecule has 2 atom stereocenters. The van der Waals surface area contributed by atoms with Gasteiger partial charge in [0.2, 0.25) is 5.91 Å². The summed E-state index contributed by atoms with van der Waals surface area (Å²) in [6, 6.07) is -0.867. The van der Waals surface area contributed by atoms with Crippen molar-refractivity contribution >= 4 is 17.8 Å². The summed E-state index contributed by atoms with van der Waals surface area (Å²) in [7, 11) is 0. The monoisotopic (exact) mass is 673 g/mol. The quantitative estimate of drug-likeness (QED) is 0.0356. The Morgan fingerprint density at radius 1 is 0.625 bits per heavy atom. The molecule has 7 nitrogen and oxygen atoms in total. The van der Waals surface area contributed by atoms with E-state index < -0.39 is 12.0 Å². The van der Waals surface area contributed by atoms with Crippen molar-refractivity contribution in [2.24, 2.45) is 5.73 Å². The molecule has 0 saturated carbocycles. The maximum atomic E-state index is 12.7. The molecule has 4 N–H and O–H groups in total. The van der Waals surface area contributed by atoms with Gasteiger partial charge < -0.3 is 20.9 Å². The molecule has 0 aromatic carbocycles. The van der Waals surface area contributed by atoms with Gasteiger partial charge in [-0.3, -0.25) is 9.59 Å².